The first-order chi connectivity index (χ1) is 15.7. The van der Waals surface area contributed by atoms with Crippen LogP contribution in [-0.4, -0.2) is 35.4 Å². The van der Waals surface area contributed by atoms with E-state index in [0.29, 0.717) is 17.3 Å². The van der Waals surface area contributed by atoms with Crippen LogP contribution in [0.1, 0.15) is 55.7 Å². The zero-order valence-corrected chi connectivity index (χ0v) is 21.8. The zero-order valence-electron chi connectivity index (χ0n) is 19.5. The molecule has 33 heavy (non-hydrogen) atoms. The van der Waals surface area contributed by atoms with Gasteiger partial charge in [-0.25, -0.2) is 0 Å². The van der Waals surface area contributed by atoms with Crippen LogP contribution in [0.15, 0.2) is 40.9 Å². The average molecular weight is 536 g/mol. The molecule has 0 bridgehead atoms. The molecule has 2 aromatic carbocycles. The molecule has 7 heteroatoms. The minimum Gasteiger partial charge on any atom is -0.484 e. The van der Waals surface area contributed by atoms with Crippen molar-refractivity contribution < 1.29 is 14.3 Å². The molecule has 0 saturated heterocycles. The molecule has 1 aliphatic carbocycles. The van der Waals surface area contributed by atoms with Crippen molar-refractivity contribution in [1.29, 1.82) is 0 Å². The van der Waals surface area contributed by atoms with Crippen LogP contribution in [0.3, 0.4) is 0 Å². The highest BCUT2D eigenvalue weighted by Crippen LogP contribution is 2.26. The SMILES string of the molecule is Cc1cc(OCC(=O)N(Cc2ccc(Br)cc2)[C@@H](C)C(=O)NC2CCCCC2)cc(C)c1Cl. The zero-order chi connectivity index (χ0) is 24.0. The molecule has 1 aliphatic rings. The molecule has 0 spiro atoms. The van der Waals surface area contributed by atoms with Gasteiger partial charge < -0.3 is 15.0 Å². The Morgan fingerprint density at radius 1 is 1.12 bits per heavy atom. The van der Waals surface area contributed by atoms with E-state index in [1.165, 1.54) is 6.42 Å². The van der Waals surface area contributed by atoms with Gasteiger partial charge in [-0.05, 0) is 74.6 Å². The third-order valence-corrected chi connectivity index (χ3v) is 7.28. The molecule has 0 heterocycles. The molecule has 1 atom stereocenters. The summed E-state index contributed by atoms with van der Waals surface area (Å²) < 4.78 is 6.78. The first-order valence-corrected chi connectivity index (χ1v) is 12.7. The third-order valence-electron chi connectivity index (χ3n) is 6.16. The summed E-state index contributed by atoms with van der Waals surface area (Å²) in [6.07, 6.45) is 5.48. The van der Waals surface area contributed by atoms with E-state index in [2.05, 4.69) is 21.2 Å². The van der Waals surface area contributed by atoms with E-state index in [1.54, 1.807) is 11.8 Å². The highest BCUT2D eigenvalue weighted by atomic mass is 79.9. The first-order valence-electron chi connectivity index (χ1n) is 11.5. The molecule has 0 unspecified atom stereocenters. The van der Waals surface area contributed by atoms with E-state index in [0.717, 1.165) is 46.8 Å². The quantitative estimate of drug-likeness (QED) is 0.453. The van der Waals surface area contributed by atoms with E-state index in [-0.39, 0.29) is 24.5 Å². The van der Waals surface area contributed by atoms with Crippen molar-refractivity contribution in [2.75, 3.05) is 6.61 Å². The smallest absolute Gasteiger partial charge is 0.261 e. The number of benzene rings is 2. The summed E-state index contributed by atoms with van der Waals surface area (Å²) in [5.41, 5.74) is 2.74. The van der Waals surface area contributed by atoms with Crippen LogP contribution in [0.5, 0.6) is 5.75 Å². The van der Waals surface area contributed by atoms with Gasteiger partial charge in [0.15, 0.2) is 6.61 Å². The number of rotatable bonds is 8. The van der Waals surface area contributed by atoms with E-state index in [4.69, 9.17) is 16.3 Å². The molecule has 1 fully saturated rings. The summed E-state index contributed by atoms with van der Waals surface area (Å²) in [5.74, 6) is 0.227. The van der Waals surface area contributed by atoms with E-state index < -0.39 is 6.04 Å². The number of amides is 2. The largest absolute Gasteiger partial charge is 0.484 e. The number of hydrogen-bond donors (Lipinski definition) is 1. The van der Waals surface area contributed by atoms with Gasteiger partial charge in [-0.1, -0.05) is 58.9 Å². The van der Waals surface area contributed by atoms with Crippen molar-refractivity contribution in [3.05, 3.63) is 62.6 Å². The predicted octanol–water partition coefficient (Wildman–Crippen LogP) is 5.96. The second-order valence-corrected chi connectivity index (χ2v) is 10.1. The maximum Gasteiger partial charge on any atom is 0.261 e. The van der Waals surface area contributed by atoms with Crippen LogP contribution in [0.2, 0.25) is 5.02 Å². The summed E-state index contributed by atoms with van der Waals surface area (Å²) in [7, 11) is 0. The topological polar surface area (TPSA) is 58.6 Å². The fourth-order valence-corrected chi connectivity index (χ4v) is 4.53. The Hall–Kier alpha value is -2.05. The van der Waals surface area contributed by atoms with Gasteiger partial charge in [0, 0.05) is 22.1 Å². The predicted molar refractivity (Wildman–Crippen MR) is 136 cm³/mol. The molecular weight excluding hydrogens is 504 g/mol. The van der Waals surface area contributed by atoms with Gasteiger partial charge in [0.05, 0.1) is 0 Å². The van der Waals surface area contributed by atoms with Gasteiger partial charge in [0.25, 0.3) is 5.91 Å². The maximum absolute atomic E-state index is 13.2. The lowest BCUT2D eigenvalue weighted by atomic mass is 9.95. The summed E-state index contributed by atoms with van der Waals surface area (Å²) in [6, 6.07) is 11.0. The fraction of sp³-hybridized carbons (Fsp3) is 0.462. The van der Waals surface area contributed by atoms with Crippen LogP contribution >= 0.6 is 27.5 Å². The number of carbonyl (C=O) groups is 2. The number of carbonyl (C=O) groups excluding carboxylic acids is 2. The van der Waals surface area contributed by atoms with E-state index in [9.17, 15) is 9.59 Å². The van der Waals surface area contributed by atoms with Crippen molar-refractivity contribution in [3.8, 4) is 5.75 Å². The number of nitrogens with zero attached hydrogens (tertiary/aromatic N) is 1. The second kappa shape index (κ2) is 11.9. The highest BCUT2D eigenvalue weighted by Gasteiger charge is 2.28. The van der Waals surface area contributed by atoms with Crippen LogP contribution in [0.4, 0.5) is 0 Å². The lowest BCUT2D eigenvalue weighted by Crippen LogP contribution is -2.51. The Labute approximate surface area is 210 Å². The molecule has 5 nitrogen and oxygen atoms in total. The number of hydrogen-bond acceptors (Lipinski definition) is 3. The van der Waals surface area contributed by atoms with Gasteiger partial charge in [-0.15, -0.1) is 0 Å². The van der Waals surface area contributed by atoms with Crippen molar-refractivity contribution >= 4 is 39.3 Å². The summed E-state index contributed by atoms with van der Waals surface area (Å²) in [6.45, 7) is 5.76. The Morgan fingerprint density at radius 3 is 2.33 bits per heavy atom. The summed E-state index contributed by atoms with van der Waals surface area (Å²) in [5, 5.41) is 3.84. The first kappa shape index (κ1) is 25.6. The molecule has 1 saturated carbocycles. The van der Waals surface area contributed by atoms with Crippen LogP contribution in [0, 0.1) is 13.8 Å². The minimum atomic E-state index is -0.611. The Kier molecular flexibility index (Phi) is 9.21. The van der Waals surface area contributed by atoms with Gasteiger partial charge >= 0.3 is 0 Å². The van der Waals surface area contributed by atoms with Gasteiger partial charge in [0.1, 0.15) is 11.8 Å². The molecular formula is C26H32BrClN2O3. The molecule has 0 aromatic heterocycles. The van der Waals surface area contributed by atoms with Gasteiger partial charge in [-0.2, -0.15) is 0 Å². The molecule has 2 aromatic rings. The molecule has 3 rings (SSSR count). The number of ether oxygens (including phenoxy) is 1. The monoisotopic (exact) mass is 534 g/mol. The van der Waals surface area contributed by atoms with E-state index in [1.807, 2.05) is 50.2 Å². The Bertz CT molecular complexity index is 951. The van der Waals surface area contributed by atoms with Gasteiger partial charge in [-0.3, -0.25) is 9.59 Å². The fourth-order valence-electron chi connectivity index (χ4n) is 4.16. The molecule has 178 valence electrons. The Balaban J connectivity index is 1.72. The molecule has 0 radical (unpaired) electrons. The number of nitrogens with one attached hydrogen (secondary N) is 1. The normalized spacial score (nSPS) is 15.1. The molecule has 2 amide bonds. The number of aryl methyl sites for hydroxylation is 2. The van der Waals surface area contributed by atoms with E-state index >= 15 is 0 Å². The van der Waals surface area contributed by atoms with Crippen molar-refractivity contribution in [3.63, 3.8) is 0 Å². The average Bonchev–Trinajstić information content (AvgIpc) is 2.80. The third kappa shape index (κ3) is 7.21. The summed E-state index contributed by atoms with van der Waals surface area (Å²) in [4.78, 5) is 27.9. The van der Waals surface area contributed by atoms with Crippen molar-refractivity contribution in [2.24, 2.45) is 0 Å². The lowest BCUT2D eigenvalue weighted by molar-refractivity contribution is -0.142. The maximum atomic E-state index is 13.2. The van der Waals surface area contributed by atoms with Gasteiger partial charge in [0.2, 0.25) is 5.91 Å². The van der Waals surface area contributed by atoms with Crippen LogP contribution in [-0.2, 0) is 16.1 Å². The standard InChI is InChI=1S/C26H32BrClN2O3/c1-17-13-23(14-18(2)25(17)28)33-16-24(31)30(15-20-9-11-21(27)12-10-20)19(3)26(32)29-22-7-5-4-6-8-22/h9-14,19,22H,4-8,15-16H2,1-3H3,(H,29,32)/t19-/m0/s1. The van der Waals surface area contributed by atoms with Crippen molar-refractivity contribution in [2.45, 2.75) is 71.5 Å². The number of halogens is 2. The second-order valence-electron chi connectivity index (χ2n) is 8.83. The summed E-state index contributed by atoms with van der Waals surface area (Å²) >= 11 is 9.68. The van der Waals surface area contributed by atoms with Crippen molar-refractivity contribution in [1.82, 2.24) is 10.2 Å². The van der Waals surface area contributed by atoms with Crippen LogP contribution < -0.4 is 10.1 Å². The lowest BCUT2D eigenvalue weighted by Gasteiger charge is -2.31. The highest BCUT2D eigenvalue weighted by molar-refractivity contribution is 9.10. The molecule has 1 N–H and O–H groups in total. The molecule has 0 aliphatic heterocycles. The minimum absolute atomic E-state index is 0.120. The van der Waals surface area contributed by atoms with Crippen LogP contribution in [0.25, 0.3) is 0 Å². The Morgan fingerprint density at radius 2 is 1.73 bits per heavy atom.